The van der Waals surface area contributed by atoms with E-state index in [0.29, 0.717) is 6.04 Å². The van der Waals surface area contributed by atoms with Crippen LogP contribution in [0.5, 0.6) is 0 Å². The molecule has 0 bridgehead atoms. The lowest BCUT2D eigenvalue weighted by molar-refractivity contribution is -0.138. The Morgan fingerprint density at radius 3 is 2.15 bits per heavy atom. The summed E-state index contributed by atoms with van der Waals surface area (Å²) in [5, 5.41) is 0. The van der Waals surface area contributed by atoms with Gasteiger partial charge < -0.3 is 4.90 Å². The van der Waals surface area contributed by atoms with Gasteiger partial charge in [-0.05, 0) is 51.5 Å². The first-order valence-corrected chi connectivity index (χ1v) is 6.62. The Labute approximate surface area is 117 Å². The van der Waals surface area contributed by atoms with Crippen LogP contribution < -0.4 is 11.3 Å². The highest BCUT2D eigenvalue weighted by molar-refractivity contribution is 5.27. The number of piperidine rings is 1. The first-order chi connectivity index (χ1) is 9.34. The average molecular weight is 289 g/mol. The highest BCUT2D eigenvalue weighted by atomic mass is 19.4. The van der Waals surface area contributed by atoms with Gasteiger partial charge in [-0.25, -0.2) is 0 Å². The van der Waals surface area contributed by atoms with Crippen molar-refractivity contribution in [1.82, 2.24) is 10.3 Å². The van der Waals surface area contributed by atoms with E-state index in [9.17, 15) is 13.2 Å². The fourth-order valence-corrected chi connectivity index (χ4v) is 2.07. The molecular weight excluding hydrogens is 267 g/mol. The van der Waals surface area contributed by atoms with Crippen LogP contribution in [-0.2, 0) is 6.18 Å². The van der Waals surface area contributed by atoms with Crippen LogP contribution in [0.4, 0.5) is 13.2 Å². The van der Waals surface area contributed by atoms with Crippen LogP contribution in [0.15, 0.2) is 24.3 Å². The molecule has 1 aromatic rings. The van der Waals surface area contributed by atoms with Gasteiger partial charge in [0.25, 0.3) is 0 Å². The number of rotatable bonds is 1. The first kappa shape index (κ1) is 16.9. The van der Waals surface area contributed by atoms with Crippen molar-refractivity contribution in [2.75, 3.05) is 20.1 Å². The molecule has 0 spiro atoms. The smallest absolute Gasteiger partial charge is 0.306 e. The maximum atomic E-state index is 12.0. The van der Waals surface area contributed by atoms with Crippen molar-refractivity contribution in [3.63, 3.8) is 0 Å². The quantitative estimate of drug-likeness (QED) is 0.617. The number of nitrogens with two attached hydrogens (primary N) is 1. The molecule has 0 amide bonds. The van der Waals surface area contributed by atoms with Gasteiger partial charge in [-0.2, -0.15) is 13.2 Å². The van der Waals surface area contributed by atoms with Gasteiger partial charge in [0.05, 0.1) is 5.56 Å². The van der Waals surface area contributed by atoms with Crippen molar-refractivity contribution in [3.8, 4) is 0 Å². The molecule has 0 saturated carbocycles. The summed E-state index contributed by atoms with van der Waals surface area (Å²) >= 11 is 0. The largest absolute Gasteiger partial charge is 0.416 e. The molecule has 1 heterocycles. The van der Waals surface area contributed by atoms with Crippen LogP contribution >= 0.6 is 0 Å². The summed E-state index contributed by atoms with van der Waals surface area (Å²) in [6.45, 7) is 3.80. The van der Waals surface area contributed by atoms with Gasteiger partial charge >= 0.3 is 6.18 Å². The van der Waals surface area contributed by atoms with Crippen molar-refractivity contribution >= 4 is 0 Å². The van der Waals surface area contributed by atoms with Gasteiger partial charge in [0.1, 0.15) is 0 Å². The number of nitrogens with zero attached hydrogens (tertiary/aromatic N) is 1. The number of benzene rings is 1. The number of likely N-dealkylation sites (tertiary alicyclic amines) is 1. The third-order valence-corrected chi connectivity index (χ3v) is 3.40. The summed E-state index contributed by atoms with van der Waals surface area (Å²) in [6.07, 6.45) is -1.84. The Bertz CT molecular complexity index is 399. The average Bonchev–Trinajstić information content (AvgIpc) is 2.39. The SMILES string of the molecule is CN1CCC(NN)CC1.Cc1ccccc1C(F)(F)F. The van der Waals surface area contributed by atoms with Gasteiger partial charge in [0, 0.05) is 6.04 Å². The van der Waals surface area contributed by atoms with Gasteiger partial charge in [-0.1, -0.05) is 18.2 Å². The van der Waals surface area contributed by atoms with Crippen molar-refractivity contribution in [2.24, 2.45) is 5.84 Å². The summed E-state index contributed by atoms with van der Waals surface area (Å²) in [4.78, 5) is 2.33. The molecule has 1 fully saturated rings. The van der Waals surface area contributed by atoms with E-state index in [4.69, 9.17) is 5.84 Å². The second kappa shape index (κ2) is 7.61. The lowest BCUT2D eigenvalue weighted by Gasteiger charge is -2.28. The van der Waals surface area contributed by atoms with Crippen LogP contribution in [0.1, 0.15) is 24.0 Å². The molecule has 1 saturated heterocycles. The molecule has 3 N–H and O–H groups in total. The molecule has 0 aromatic heterocycles. The number of alkyl halides is 3. The first-order valence-electron chi connectivity index (χ1n) is 6.62. The highest BCUT2D eigenvalue weighted by Gasteiger charge is 2.31. The monoisotopic (exact) mass is 289 g/mol. The Hall–Kier alpha value is -1.11. The zero-order valence-electron chi connectivity index (χ0n) is 11.9. The molecule has 1 aliphatic rings. The molecule has 20 heavy (non-hydrogen) atoms. The maximum absolute atomic E-state index is 12.0. The Morgan fingerprint density at radius 2 is 1.75 bits per heavy atom. The minimum absolute atomic E-state index is 0.264. The third kappa shape index (κ3) is 5.48. The van der Waals surface area contributed by atoms with Gasteiger partial charge in [-0.15, -0.1) is 0 Å². The van der Waals surface area contributed by atoms with Crippen molar-refractivity contribution in [1.29, 1.82) is 0 Å². The summed E-state index contributed by atoms with van der Waals surface area (Å²) in [6, 6.07) is 6.06. The number of hydrazine groups is 1. The number of aryl methyl sites for hydroxylation is 1. The highest BCUT2D eigenvalue weighted by Crippen LogP contribution is 2.31. The van der Waals surface area contributed by atoms with Crippen molar-refractivity contribution in [2.45, 2.75) is 32.0 Å². The Kier molecular flexibility index (Phi) is 6.45. The minimum Gasteiger partial charge on any atom is -0.306 e. The standard InChI is InChI=1S/C8H7F3.C6H15N3/c1-6-4-2-3-5-7(6)8(9,10)11;1-9-4-2-6(8-7)3-5-9/h2-5H,1H3;6,8H,2-5,7H2,1H3. The molecule has 2 rings (SSSR count). The topological polar surface area (TPSA) is 41.3 Å². The molecule has 0 radical (unpaired) electrons. The maximum Gasteiger partial charge on any atom is 0.416 e. The molecule has 0 atom stereocenters. The molecule has 0 aliphatic carbocycles. The summed E-state index contributed by atoms with van der Waals surface area (Å²) < 4.78 is 36.1. The van der Waals surface area contributed by atoms with E-state index in [0.717, 1.165) is 6.07 Å². The number of hydrogen-bond donors (Lipinski definition) is 2. The van der Waals surface area contributed by atoms with Crippen molar-refractivity contribution < 1.29 is 13.2 Å². The molecule has 1 aliphatic heterocycles. The predicted octanol–water partition coefficient (Wildman–Crippen LogP) is 2.56. The van der Waals surface area contributed by atoms with Gasteiger partial charge in [0.2, 0.25) is 0 Å². The zero-order valence-corrected chi connectivity index (χ0v) is 11.9. The van der Waals surface area contributed by atoms with E-state index < -0.39 is 11.7 Å². The number of hydrogen-bond acceptors (Lipinski definition) is 3. The molecule has 6 heteroatoms. The van der Waals surface area contributed by atoms with E-state index in [2.05, 4.69) is 17.4 Å². The molecule has 3 nitrogen and oxygen atoms in total. The second-order valence-electron chi connectivity index (χ2n) is 5.06. The minimum atomic E-state index is -4.22. The van der Waals surface area contributed by atoms with E-state index in [1.807, 2.05) is 0 Å². The zero-order chi connectivity index (χ0) is 15.2. The third-order valence-electron chi connectivity index (χ3n) is 3.40. The van der Waals surface area contributed by atoms with Crippen LogP contribution in [0.2, 0.25) is 0 Å². The van der Waals surface area contributed by atoms with Crippen LogP contribution in [0.3, 0.4) is 0 Å². The normalized spacial score (nSPS) is 17.5. The Morgan fingerprint density at radius 1 is 1.20 bits per heavy atom. The molecular formula is C14H22F3N3. The molecule has 1 aromatic carbocycles. The Balaban J connectivity index is 0.000000204. The predicted molar refractivity (Wildman–Crippen MR) is 74.0 cm³/mol. The van der Waals surface area contributed by atoms with Crippen molar-refractivity contribution in [3.05, 3.63) is 35.4 Å². The van der Waals surface area contributed by atoms with Crippen LogP contribution in [0.25, 0.3) is 0 Å². The summed E-state index contributed by atoms with van der Waals surface area (Å²) in [7, 11) is 2.15. The van der Waals surface area contributed by atoms with E-state index in [1.54, 1.807) is 6.07 Å². The lowest BCUT2D eigenvalue weighted by atomic mass is 10.1. The van der Waals surface area contributed by atoms with Crippen LogP contribution in [-0.4, -0.2) is 31.1 Å². The van der Waals surface area contributed by atoms with Crippen LogP contribution in [0, 0.1) is 6.92 Å². The van der Waals surface area contributed by atoms with Gasteiger partial charge in [-0.3, -0.25) is 11.3 Å². The second-order valence-corrected chi connectivity index (χ2v) is 5.06. The summed E-state index contributed by atoms with van der Waals surface area (Å²) in [5.41, 5.74) is 2.51. The molecule has 114 valence electrons. The fraction of sp³-hybridized carbons (Fsp3) is 0.571. The summed E-state index contributed by atoms with van der Waals surface area (Å²) in [5.74, 6) is 5.28. The van der Waals surface area contributed by atoms with E-state index >= 15 is 0 Å². The van der Waals surface area contributed by atoms with Gasteiger partial charge in [0.15, 0.2) is 0 Å². The number of halogens is 3. The van der Waals surface area contributed by atoms with E-state index in [-0.39, 0.29) is 5.56 Å². The number of nitrogens with one attached hydrogen (secondary N) is 1. The molecule has 0 unspecified atom stereocenters. The lowest BCUT2D eigenvalue weighted by Crippen LogP contribution is -2.43. The fourth-order valence-electron chi connectivity index (χ4n) is 2.07. The van der Waals surface area contributed by atoms with E-state index in [1.165, 1.54) is 45.0 Å².